The van der Waals surface area contributed by atoms with E-state index in [0.717, 1.165) is 44.3 Å². The first-order valence-corrected chi connectivity index (χ1v) is 14.0. The zero-order valence-electron chi connectivity index (χ0n) is 22.8. The molecule has 0 bridgehead atoms. The van der Waals surface area contributed by atoms with E-state index in [-0.39, 0.29) is 12.5 Å². The number of rotatable bonds is 9. The zero-order valence-corrected chi connectivity index (χ0v) is 23.5. The minimum Gasteiger partial charge on any atom is -0.382 e. The van der Waals surface area contributed by atoms with Crippen LogP contribution in [0.1, 0.15) is 49.9 Å². The average molecular weight is 576 g/mol. The highest BCUT2D eigenvalue weighted by molar-refractivity contribution is 6.32. The smallest absolute Gasteiger partial charge is 0.248 e. The fourth-order valence-corrected chi connectivity index (χ4v) is 5.89. The maximum Gasteiger partial charge on any atom is 0.248 e. The molecule has 210 valence electrons. The van der Waals surface area contributed by atoms with Gasteiger partial charge in [-0.25, -0.2) is 4.98 Å². The van der Waals surface area contributed by atoms with Crippen LogP contribution in [0.15, 0.2) is 91.0 Å². The number of benzene rings is 4. The Hall–Kier alpha value is -4.92. The van der Waals surface area contributed by atoms with Crippen LogP contribution in [0, 0.1) is 0 Å². The van der Waals surface area contributed by atoms with E-state index in [0.29, 0.717) is 40.9 Å². The number of nitrogen functional groups attached to an aromatic ring is 1. The van der Waals surface area contributed by atoms with Crippen LogP contribution in [0.3, 0.4) is 0 Å². The molecule has 0 unspecified atom stereocenters. The summed E-state index contributed by atoms with van der Waals surface area (Å²) in [5.41, 5.74) is 25.7. The van der Waals surface area contributed by atoms with Gasteiger partial charge in [0.05, 0.1) is 5.52 Å². The average Bonchev–Trinajstić information content (AvgIpc) is 3.58. The van der Waals surface area contributed by atoms with Crippen molar-refractivity contribution in [2.24, 2.45) is 11.5 Å². The molecule has 4 aromatic carbocycles. The summed E-state index contributed by atoms with van der Waals surface area (Å²) in [5, 5.41) is 8.29. The number of aromatic nitrogens is 4. The number of anilines is 1. The van der Waals surface area contributed by atoms with Crippen molar-refractivity contribution >= 4 is 34.2 Å². The molecule has 8 nitrogen and oxygen atoms in total. The van der Waals surface area contributed by atoms with Gasteiger partial charge in [-0.2, -0.15) is 5.10 Å². The summed E-state index contributed by atoms with van der Waals surface area (Å²) in [6, 6.07) is 29.6. The van der Waals surface area contributed by atoms with Crippen molar-refractivity contribution in [1.82, 2.24) is 20.2 Å². The largest absolute Gasteiger partial charge is 0.382 e. The Morgan fingerprint density at radius 1 is 0.929 bits per heavy atom. The Morgan fingerprint density at radius 2 is 1.64 bits per heavy atom. The maximum absolute atomic E-state index is 12.8. The van der Waals surface area contributed by atoms with Gasteiger partial charge >= 0.3 is 0 Å². The number of hydrogen-bond acceptors (Lipinski definition) is 5. The van der Waals surface area contributed by atoms with Crippen LogP contribution in [-0.2, 0) is 19.4 Å². The number of halogens is 1. The van der Waals surface area contributed by atoms with Crippen LogP contribution in [0.25, 0.3) is 22.2 Å². The zero-order chi connectivity index (χ0) is 29.2. The molecule has 0 aliphatic rings. The van der Waals surface area contributed by atoms with Crippen molar-refractivity contribution in [3.05, 3.63) is 135 Å². The summed E-state index contributed by atoms with van der Waals surface area (Å²) in [5.74, 6) is 0.299. The number of carbonyl (C=O) groups is 1. The second-order valence-electron chi connectivity index (χ2n) is 10.3. The third-order valence-corrected chi connectivity index (χ3v) is 7.93. The summed E-state index contributed by atoms with van der Waals surface area (Å²) in [4.78, 5) is 21.2. The second kappa shape index (κ2) is 11.5. The molecule has 6 aromatic rings. The van der Waals surface area contributed by atoms with Crippen LogP contribution in [-0.4, -0.2) is 26.1 Å². The molecule has 1 atom stereocenters. The lowest BCUT2D eigenvalue weighted by Gasteiger charge is -2.24. The quantitative estimate of drug-likeness (QED) is 0.149. The summed E-state index contributed by atoms with van der Waals surface area (Å²) < 4.78 is 0. The number of aromatic amines is 2. The molecule has 6 rings (SSSR count). The van der Waals surface area contributed by atoms with Crippen LogP contribution in [0.5, 0.6) is 0 Å². The van der Waals surface area contributed by atoms with Crippen molar-refractivity contribution in [2.45, 2.75) is 25.3 Å². The molecule has 0 aliphatic heterocycles. The van der Waals surface area contributed by atoms with Gasteiger partial charge in [0.25, 0.3) is 0 Å². The van der Waals surface area contributed by atoms with Crippen LogP contribution in [0.4, 0.5) is 5.82 Å². The summed E-state index contributed by atoms with van der Waals surface area (Å²) in [7, 11) is 0. The van der Waals surface area contributed by atoms with Crippen molar-refractivity contribution in [2.75, 3.05) is 5.73 Å². The Morgan fingerprint density at radius 3 is 2.33 bits per heavy atom. The van der Waals surface area contributed by atoms with Gasteiger partial charge in [-0.15, -0.1) is 0 Å². The number of imidazole rings is 1. The summed E-state index contributed by atoms with van der Waals surface area (Å²) in [6.45, 7) is 0.278. The third kappa shape index (κ3) is 5.25. The molecule has 8 N–H and O–H groups in total. The van der Waals surface area contributed by atoms with Crippen LogP contribution in [0.2, 0.25) is 5.15 Å². The molecular weight excluding hydrogens is 546 g/mol. The lowest BCUT2D eigenvalue weighted by Crippen LogP contribution is -2.21. The molecule has 42 heavy (non-hydrogen) atoms. The predicted octanol–water partition coefficient (Wildman–Crippen LogP) is 5.71. The number of fused-ring (bicyclic) bond motifs is 1. The van der Waals surface area contributed by atoms with Gasteiger partial charge in [0.2, 0.25) is 5.91 Å². The third-order valence-electron chi connectivity index (χ3n) is 7.66. The number of nitrogens with one attached hydrogen (secondary N) is 2. The van der Waals surface area contributed by atoms with E-state index in [1.165, 1.54) is 0 Å². The number of hydrogen-bond donors (Lipinski definition) is 5. The van der Waals surface area contributed by atoms with Crippen molar-refractivity contribution in [3.8, 4) is 11.3 Å². The molecule has 0 radical (unpaired) electrons. The van der Waals surface area contributed by atoms with Gasteiger partial charge in [-0.1, -0.05) is 84.4 Å². The van der Waals surface area contributed by atoms with Crippen LogP contribution >= 0.6 is 11.6 Å². The predicted molar refractivity (Wildman–Crippen MR) is 167 cm³/mol. The Bertz CT molecular complexity index is 1880. The molecule has 0 fully saturated rings. The minimum absolute atomic E-state index is 0.278. The normalized spacial score (nSPS) is 12.0. The number of H-pyrrole nitrogens is 2. The maximum atomic E-state index is 12.8. The van der Waals surface area contributed by atoms with Gasteiger partial charge < -0.3 is 22.2 Å². The number of amides is 1. The highest BCUT2D eigenvalue weighted by Gasteiger charge is 2.28. The van der Waals surface area contributed by atoms with Gasteiger partial charge in [0.1, 0.15) is 16.7 Å². The summed E-state index contributed by atoms with van der Waals surface area (Å²) >= 11 is 6.83. The van der Waals surface area contributed by atoms with Gasteiger partial charge in [-0.05, 0) is 58.9 Å². The van der Waals surface area contributed by atoms with E-state index in [9.17, 15) is 4.79 Å². The number of carbonyl (C=O) groups excluding carboxylic acids is 1. The number of nitrogens with two attached hydrogens (primary N) is 3. The number of primary amides is 1. The Labute approximate surface area is 247 Å². The highest BCUT2D eigenvalue weighted by atomic mass is 35.5. The van der Waals surface area contributed by atoms with E-state index in [2.05, 4.69) is 27.3 Å². The lowest BCUT2D eigenvalue weighted by molar-refractivity contribution is 0.0999. The lowest BCUT2D eigenvalue weighted by atomic mass is 9.81. The van der Waals surface area contributed by atoms with E-state index < -0.39 is 5.91 Å². The van der Waals surface area contributed by atoms with E-state index in [1.807, 2.05) is 72.8 Å². The van der Waals surface area contributed by atoms with E-state index in [1.54, 1.807) is 6.07 Å². The first kappa shape index (κ1) is 27.3. The first-order valence-electron chi connectivity index (χ1n) is 13.6. The Kier molecular flexibility index (Phi) is 7.48. The number of nitrogens with zero attached hydrogens (tertiary/aromatic N) is 2. The second-order valence-corrected chi connectivity index (χ2v) is 10.7. The summed E-state index contributed by atoms with van der Waals surface area (Å²) in [6.07, 6.45) is 1.10. The topological polar surface area (TPSA) is 152 Å². The first-order chi connectivity index (χ1) is 20.4. The van der Waals surface area contributed by atoms with Crippen molar-refractivity contribution in [1.29, 1.82) is 0 Å². The van der Waals surface area contributed by atoms with Gasteiger partial charge in [-0.3, -0.25) is 9.89 Å². The standard InChI is InChI=1S/C33H30ClN7O/c34-30-29(21-11-14-24-27(17-21)40-41-31(24)36)38-33(39-30)26(16-20-9-5-2-6-10-20)28-22(18-35)12-13-23(32(37)42)25(28)15-19-7-3-1-4-8-19/h1-14,17,26H,15-16,18,35H2,(H2,37,42)(H,38,39)(H3,36,40,41)/t26-/m0/s1. The molecular formula is C33H30ClN7O. The molecule has 0 saturated heterocycles. The van der Waals surface area contributed by atoms with Crippen LogP contribution < -0.4 is 17.2 Å². The van der Waals surface area contributed by atoms with Crippen molar-refractivity contribution in [3.63, 3.8) is 0 Å². The van der Waals surface area contributed by atoms with Crippen molar-refractivity contribution < 1.29 is 4.79 Å². The molecule has 2 aromatic heterocycles. The Balaban J connectivity index is 1.55. The highest BCUT2D eigenvalue weighted by Crippen LogP contribution is 2.38. The molecule has 1 amide bonds. The molecule has 0 saturated carbocycles. The van der Waals surface area contributed by atoms with E-state index in [4.69, 9.17) is 33.8 Å². The molecule has 0 spiro atoms. The fraction of sp³-hybridized carbons (Fsp3) is 0.121. The molecule has 2 heterocycles. The monoisotopic (exact) mass is 575 g/mol. The molecule has 0 aliphatic carbocycles. The SMILES string of the molecule is NCc1ccc(C(N)=O)c(Cc2ccccc2)c1[C@H](Cc1ccccc1)c1nc(-c2ccc3c(N)n[nH]c3c2)c(Cl)[nH]1. The fourth-order valence-electron chi connectivity index (χ4n) is 5.65. The van der Waals surface area contributed by atoms with Gasteiger partial charge in [0, 0.05) is 29.0 Å². The minimum atomic E-state index is -0.491. The molecule has 9 heteroatoms. The van der Waals surface area contributed by atoms with E-state index >= 15 is 0 Å². The van der Waals surface area contributed by atoms with Gasteiger partial charge in [0.15, 0.2) is 5.82 Å².